The average molecular weight is 357 g/mol. The number of guanidine groups is 1. The molecule has 3 N–H and O–H groups in total. The largest absolute Gasteiger partial charge is 0.369 e. The van der Waals surface area contributed by atoms with Gasteiger partial charge in [-0.1, -0.05) is 17.7 Å². The molecule has 0 saturated carbocycles. The predicted molar refractivity (Wildman–Crippen MR) is 102 cm³/mol. The van der Waals surface area contributed by atoms with E-state index in [4.69, 9.17) is 5.73 Å². The first-order valence-electron chi connectivity index (χ1n) is 9.03. The summed E-state index contributed by atoms with van der Waals surface area (Å²) in [7, 11) is 1.64. The molecule has 2 atom stereocenters. The van der Waals surface area contributed by atoms with E-state index >= 15 is 0 Å². The number of hydrogen-bond donors (Lipinski definition) is 2. The zero-order valence-electron chi connectivity index (χ0n) is 15.7. The van der Waals surface area contributed by atoms with Crippen molar-refractivity contribution in [2.45, 2.75) is 38.6 Å². The molecule has 3 amide bonds. The number of nitrogens with two attached hydrogens (primary N) is 1. The van der Waals surface area contributed by atoms with Gasteiger partial charge in [0, 0.05) is 31.7 Å². The minimum absolute atomic E-state index is 0.0266. The lowest BCUT2D eigenvalue weighted by atomic mass is 9.77. The molecule has 26 heavy (non-hydrogen) atoms. The number of aliphatic imine (C=N–C) groups is 1. The van der Waals surface area contributed by atoms with Crippen LogP contribution in [0.1, 0.15) is 31.7 Å². The molecule has 0 radical (unpaired) electrons. The van der Waals surface area contributed by atoms with E-state index in [9.17, 15) is 9.59 Å². The van der Waals surface area contributed by atoms with Crippen LogP contribution in [0.25, 0.3) is 0 Å². The van der Waals surface area contributed by atoms with E-state index in [0.717, 1.165) is 24.1 Å². The summed E-state index contributed by atoms with van der Waals surface area (Å²) in [6, 6.07) is 7.63. The fraction of sp³-hybridized carbons (Fsp3) is 0.526. The molecular weight excluding hydrogens is 330 g/mol. The maximum absolute atomic E-state index is 12.6. The third-order valence-electron chi connectivity index (χ3n) is 5.49. The van der Waals surface area contributed by atoms with Gasteiger partial charge in [0.05, 0.1) is 12.0 Å². The number of nitrogens with one attached hydrogen (secondary N) is 1. The number of carbonyl (C=O) groups excluding carboxylic acids is 2. The molecule has 1 saturated heterocycles. The zero-order chi connectivity index (χ0) is 18.9. The van der Waals surface area contributed by atoms with Crippen molar-refractivity contribution in [1.29, 1.82) is 0 Å². The van der Waals surface area contributed by atoms with Crippen LogP contribution in [0.2, 0.25) is 0 Å². The number of urea groups is 1. The van der Waals surface area contributed by atoms with Crippen LogP contribution in [0.5, 0.6) is 0 Å². The van der Waals surface area contributed by atoms with Gasteiger partial charge >= 0.3 is 6.03 Å². The van der Waals surface area contributed by atoms with Crippen molar-refractivity contribution >= 4 is 23.6 Å². The van der Waals surface area contributed by atoms with E-state index in [1.165, 1.54) is 4.90 Å². The monoisotopic (exact) mass is 357 g/mol. The highest BCUT2D eigenvalue weighted by Gasteiger charge is 2.43. The Labute approximate surface area is 154 Å². The second-order valence-corrected chi connectivity index (χ2v) is 7.54. The van der Waals surface area contributed by atoms with Crippen LogP contribution in [0.15, 0.2) is 29.3 Å². The summed E-state index contributed by atoms with van der Waals surface area (Å²) in [5, 5.41) is 2.95. The first-order chi connectivity index (χ1) is 12.3. The molecule has 0 aliphatic carbocycles. The Morgan fingerprint density at radius 3 is 2.69 bits per heavy atom. The van der Waals surface area contributed by atoms with Crippen molar-refractivity contribution < 1.29 is 9.59 Å². The fourth-order valence-corrected chi connectivity index (χ4v) is 3.67. The molecule has 0 aromatic heterocycles. The maximum atomic E-state index is 12.6. The van der Waals surface area contributed by atoms with Gasteiger partial charge in [-0.2, -0.15) is 0 Å². The number of benzene rings is 1. The van der Waals surface area contributed by atoms with Gasteiger partial charge in [-0.05, 0) is 38.8 Å². The second-order valence-electron chi connectivity index (χ2n) is 7.54. The lowest BCUT2D eigenvalue weighted by Gasteiger charge is -2.43. The number of carbonyl (C=O) groups is 2. The summed E-state index contributed by atoms with van der Waals surface area (Å²) in [5.41, 5.74) is 7.30. The van der Waals surface area contributed by atoms with E-state index in [1.54, 1.807) is 7.05 Å². The molecule has 7 nitrogen and oxygen atoms in total. The van der Waals surface area contributed by atoms with E-state index in [1.807, 2.05) is 43.0 Å². The summed E-state index contributed by atoms with van der Waals surface area (Å²) >= 11 is 0. The van der Waals surface area contributed by atoms with Gasteiger partial charge in [0.15, 0.2) is 5.96 Å². The molecule has 1 aromatic carbocycles. The molecule has 3 rings (SSSR count). The minimum atomic E-state index is -0.559. The third kappa shape index (κ3) is 3.66. The molecule has 7 heteroatoms. The van der Waals surface area contributed by atoms with Crippen LogP contribution >= 0.6 is 0 Å². The summed E-state index contributed by atoms with van der Waals surface area (Å²) in [5.74, 6) is 0.336. The van der Waals surface area contributed by atoms with Crippen LogP contribution in [0.3, 0.4) is 0 Å². The highest BCUT2D eigenvalue weighted by atomic mass is 16.2. The average Bonchev–Trinajstić information content (AvgIpc) is 2.61. The molecule has 1 fully saturated rings. The minimum Gasteiger partial charge on any atom is -0.369 e. The van der Waals surface area contributed by atoms with Gasteiger partial charge in [0.1, 0.15) is 0 Å². The van der Waals surface area contributed by atoms with E-state index < -0.39 is 5.54 Å². The number of piperidine rings is 1. The summed E-state index contributed by atoms with van der Waals surface area (Å²) < 4.78 is 0. The normalized spacial score (nSPS) is 26.5. The number of rotatable bonds is 2. The maximum Gasteiger partial charge on any atom is 0.321 e. The quantitative estimate of drug-likeness (QED) is 0.850. The molecule has 2 aliphatic rings. The Hall–Kier alpha value is -2.57. The number of likely N-dealkylation sites (tertiary alicyclic amines) is 1. The van der Waals surface area contributed by atoms with Crippen LogP contribution in [0.4, 0.5) is 10.5 Å². The Balaban J connectivity index is 1.70. The van der Waals surface area contributed by atoms with E-state index in [2.05, 4.69) is 10.3 Å². The molecule has 2 heterocycles. The van der Waals surface area contributed by atoms with E-state index in [-0.39, 0.29) is 23.8 Å². The number of nitrogens with zero attached hydrogens (tertiary/aromatic N) is 3. The molecule has 2 aliphatic heterocycles. The predicted octanol–water partition coefficient (Wildman–Crippen LogP) is 2.17. The number of anilines is 1. The number of amides is 3. The zero-order valence-corrected chi connectivity index (χ0v) is 15.7. The highest BCUT2D eigenvalue weighted by Crippen LogP contribution is 2.35. The van der Waals surface area contributed by atoms with Gasteiger partial charge in [-0.15, -0.1) is 0 Å². The Morgan fingerprint density at radius 1 is 1.35 bits per heavy atom. The fourth-order valence-electron chi connectivity index (χ4n) is 3.67. The van der Waals surface area contributed by atoms with Crippen molar-refractivity contribution in [1.82, 2.24) is 9.80 Å². The topological polar surface area (TPSA) is 91.0 Å². The van der Waals surface area contributed by atoms with Gasteiger partial charge in [0.2, 0.25) is 5.91 Å². The molecule has 140 valence electrons. The third-order valence-corrected chi connectivity index (χ3v) is 5.49. The summed E-state index contributed by atoms with van der Waals surface area (Å²) in [6.45, 7) is 5.26. The first kappa shape index (κ1) is 18.2. The summed E-state index contributed by atoms with van der Waals surface area (Å²) in [6.07, 6.45) is 2.14. The van der Waals surface area contributed by atoms with Crippen LogP contribution in [0, 0.1) is 12.8 Å². The van der Waals surface area contributed by atoms with Gasteiger partial charge in [-0.25, -0.2) is 9.79 Å². The van der Waals surface area contributed by atoms with Crippen LogP contribution in [-0.4, -0.2) is 53.4 Å². The molecule has 1 unspecified atom stereocenters. The summed E-state index contributed by atoms with van der Waals surface area (Å²) in [4.78, 5) is 32.7. The van der Waals surface area contributed by atoms with Gasteiger partial charge in [0.25, 0.3) is 0 Å². The first-order valence-corrected chi connectivity index (χ1v) is 9.03. The van der Waals surface area contributed by atoms with Gasteiger partial charge in [-0.3, -0.25) is 9.69 Å². The van der Waals surface area contributed by atoms with Crippen LogP contribution in [-0.2, 0) is 4.79 Å². The lowest BCUT2D eigenvalue weighted by Crippen LogP contribution is -2.55. The standard InChI is InChI=1S/C19H27N5O2/c1-13-6-8-15(9-7-13)21-18(26)24-10-4-5-14(12-24)19(2)11-16(25)23(3)17(20)22-19/h6-9,14H,4-5,10-12H2,1-3H3,(H2,20,22)(H,21,26)/t14?,19-/m0/s1. The Bertz CT molecular complexity index is 730. The number of aryl methyl sites for hydroxylation is 1. The smallest absolute Gasteiger partial charge is 0.321 e. The Morgan fingerprint density at radius 2 is 2.04 bits per heavy atom. The van der Waals surface area contributed by atoms with Crippen LogP contribution < -0.4 is 11.1 Å². The molecule has 0 spiro atoms. The molecule has 0 bridgehead atoms. The molecular formula is C19H27N5O2. The van der Waals surface area contributed by atoms with Crippen molar-refractivity contribution in [3.8, 4) is 0 Å². The van der Waals surface area contributed by atoms with Crippen molar-refractivity contribution in [2.75, 3.05) is 25.5 Å². The SMILES string of the molecule is Cc1ccc(NC(=O)N2CCCC([C@]3(C)CC(=O)N(C)C(N)=N3)C2)cc1. The lowest BCUT2D eigenvalue weighted by molar-refractivity contribution is -0.129. The van der Waals surface area contributed by atoms with Crippen molar-refractivity contribution in [2.24, 2.45) is 16.6 Å². The molecule has 1 aromatic rings. The second kappa shape index (κ2) is 6.97. The van der Waals surface area contributed by atoms with E-state index in [0.29, 0.717) is 19.5 Å². The van der Waals surface area contributed by atoms with Crippen molar-refractivity contribution in [3.05, 3.63) is 29.8 Å². The number of hydrogen-bond acceptors (Lipinski definition) is 4. The van der Waals surface area contributed by atoms with Gasteiger partial charge < -0.3 is 16.0 Å². The Kier molecular flexibility index (Phi) is 4.89. The highest BCUT2D eigenvalue weighted by molar-refractivity contribution is 5.98. The van der Waals surface area contributed by atoms with Crippen molar-refractivity contribution in [3.63, 3.8) is 0 Å².